The second-order valence-electron chi connectivity index (χ2n) is 6.31. The Kier molecular flexibility index (Phi) is 6.31. The van der Waals surface area contributed by atoms with Gasteiger partial charge in [-0.25, -0.2) is 19.4 Å². The van der Waals surface area contributed by atoms with Gasteiger partial charge in [0.15, 0.2) is 5.82 Å². The summed E-state index contributed by atoms with van der Waals surface area (Å²) >= 11 is 0. The zero-order chi connectivity index (χ0) is 22.2. The SMILES string of the molecule is O=C(NCc1nnc(-c2cnccn2)n1NC(=O)c1cnccn1)OCc1ccccc1. The molecule has 0 spiro atoms. The summed E-state index contributed by atoms with van der Waals surface area (Å²) in [6.07, 6.45) is 7.99. The standard InChI is InChI=1S/C20H17N9O3/c30-19(16-11-22-7-9-24-16)28-29-17(26-27-18(29)15-10-21-6-8-23-15)12-25-20(31)32-13-14-4-2-1-3-5-14/h1-11H,12-13H2,(H,25,31)(H,28,30). The number of nitrogens with zero attached hydrogens (tertiary/aromatic N) is 7. The van der Waals surface area contributed by atoms with Crippen LogP contribution < -0.4 is 10.7 Å². The number of hydrogen-bond acceptors (Lipinski definition) is 9. The van der Waals surface area contributed by atoms with Crippen LogP contribution in [0, 0.1) is 0 Å². The van der Waals surface area contributed by atoms with Crippen molar-refractivity contribution in [2.45, 2.75) is 13.2 Å². The third-order valence-electron chi connectivity index (χ3n) is 4.14. The van der Waals surface area contributed by atoms with E-state index in [1.165, 1.54) is 41.9 Å². The molecule has 4 rings (SSSR count). The Balaban J connectivity index is 1.49. The number of amides is 2. The van der Waals surface area contributed by atoms with Gasteiger partial charge in [0.2, 0.25) is 5.82 Å². The monoisotopic (exact) mass is 431 g/mol. The Morgan fingerprint density at radius 3 is 2.44 bits per heavy atom. The molecule has 32 heavy (non-hydrogen) atoms. The number of aromatic nitrogens is 7. The average molecular weight is 431 g/mol. The van der Waals surface area contributed by atoms with Crippen molar-refractivity contribution in [2.75, 3.05) is 5.43 Å². The summed E-state index contributed by atoms with van der Waals surface area (Å²) in [4.78, 5) is 40.8. The predicted octanol–water partition coefficient (Wildman–Crippen LogP) is 1.34. The second-order valence-corrected chi connectivity index (χ2v) is 6.31. The van der Waals surface area contributed by atoms with Crippen LogP contribution >= 0.6 is 0 Å². The van der Waals surface area contributed by atoms with Gasteiger partial charge in [-0.15, -0.1) is 10.2 Å². The van der Waals surface area contributed by atoms with Crippen molar-refractivity contribution >= 4 is 12.0 Å². The normalized spacial score (nSPS) is 10.4. The predicted molar refractivity (Wildman–Crippen MR) is 110 cm³/mol. The van der Waals surface area contributed by atoms with Crippen LogP contribution in [0.3, 0.4) is 0 Å². The van der Waals surface area contributed by atoms with Gasteiger partial charge in [-0.1, -0.05) is 30.3 Å². The maximum atomic E-state index is 12.6. The van der Waals surface area contributed by atoms with Crippen molar-refractivity contribution in [3.63, 3.8) is 0 Å². The minimum Gasteiger partial charge on any atom is -0.445 e. The van der Waals surface area contributed by atoms with Crippen LogP contribution in [0.4, 0.5) is 4.79 Å². The molecule has 2 N–H and O–H groups in total. The van der Waals surface area contributed by atoms with E-state index in [0.29, 0.717) is 5.69 Å². The van der Waals surface area contributed by atoms with Gasteiger partial charge < -0.3 is 10.1 Å². The van der Waals surface area contributed by atoms with E-state index < -0.39 is 12.0 Å². The minimum atomic E-state index is -0.648. The molecule has 0 bridgehead atoms. The molecule has 3 heterocycles. The van der Waals surface area contributed by atoms with Crippen molar-refractivity contribution in [1.82, 2.24) is 40.1 Å². The smallest absolute Gasteiger partial charge is 0.407 e. The summed E-state index contributed by atoms with van der Waals surface area (Å²) in [5.41, 5.74) is 3.96. The maximum absolute atomic E-state index is 12.6. The van der Waals surface area contributed by atoms with E-state index in [9.17, 15) is 9.59 Å². The lowest BCUT2D eigenvalue weighted by molar-refractivity contribution is 0.100. The summed E-state index contributed by atoms with van der Waals surface area (Å²) in [6.45, 7) is 0.0509. The van der Waals surface area contributed by atoms with E-state index in [1.807, 2.05) is 30.3 Å². The average Bonchev–Trinajstić information content (AvgIpc) is 3.25. The fourth-order valence-corrected chi connectivity index (χ4v) is 2.63. The Hall–Kier alpha value is -4.74. The molecule has 0 fully saturated rings. The topological polar surface area (TPSA) is 150 Å². The molecule has 3 aromatic heterocycles. The zero-order valence-corrected chi connectivity index (χ0v) is 16.6. The van der Waals surface area contributed by atoms with E-state index in [0.717, 1.165) is 5.56 Å². The van der Waals surface area contributed by atoms with Crippen molar-refractivity contribution in [3.05, 3.63) is 84.6 Å². The zero-order valence-electron chi connectivity index (χ0n) is 16.6. The molecular weight excluding hydrogens is 414 g/mol. The fourth-order valence-electron chi connectivity index (χ4n) is 2.63. The van der Waals surface area contributed by atoms with Crippen LogP contribution in [0.25, 0.3) is 11.5 Å². The van der Waals surface area contributed by atoms with Gasteiger partial charge in [0.25, 0.3) is 5.91 Å². The number of nitrogens with one attached hydrogen (secondary N) is 2. The van der Waals surface area contributed by atoms with Gasteiger partial charge in [0, 0.05) is 24.8 Å². The quantitative estimate of drug-likeness (QED) is 0.442. The van der Waals surface area contributed by atoms with Crippen molar-refractivity contribution < 1.29 is 14.3 Å². The van der Waals surface area contributed by atoms with Crippen LogP contribution in [0.2, 0.25) is 0 Å². The lowest BCUT2D eigenvalue weighted by Crippen LogP contribution is -2.30. The Labute approximate surface area is 181 Å². The molecule has 160 valence electrons. The van der Waals surface area contributed by atoms with Gasteiger partial charge in [-0.05, 0) is 5.56 Å². The minimum absolute atomic E-state index is 0.0678. The highest BCUT2D eigenvalue weighted by Gasteiger charge is 2.19. The number of hydrogen-bond donors (Lipinski definition) is 2. The first kappa shape index (κ1) is 20.5. The highest BCUT2D eigenvalue weighted by atomic mass is 16.5. The number of alkyl carbamates (subject to hydrolysis) is 1. The molecule has 0 aliphatic rings. The number of rotatable bonds is 7. The van der Waals surface area contributed by atoms with Crippen LogP contribution in [-0.4, -0.2) is 46.8 Å². The molecule has 0 aliphatic carbocycles. The third kappa shape index (κ3) is 5.05. The Bertz CT molecular complexity index is 1180. The van der Waals surface area contributed by atoms with E-state index in [1.54, 1.807) is 0 Å². The van der Waals surface area contributed by atoms with E-state index >= 15 is 0 Å². The van der Waals surface area contributed by atoms with Crippen LogP contribution in [0.5, 0.6) is 0 Å². The summed E-state index contributed by atoms with van der Waals surface area (Å²) in [5, 5.41) is 10.7. The second kappa shape index (κ2) is 9.84. The Morgan fingerprint density at radius 2 is 1.72 bits per heavy atom. The first-order valence-electron chi connectivity index (χ1n) is 9.43. The molecule has 0 atom stereocenters. The molecule has 0 radical (unpaired) electrons. The Morgan fingerprint density at radius 1 is 0.938 bits per heavy atom. The number of carbonyl (C=O) groups excluding carboxylic acids is 2. The molecule has 1 aromatic carbocycles. The van der Waals surface area contributed by atoms with Crippen molar-refractivity contribution in [1.29, 1.82) is 0 Å². The number of ether oxygens (including phenoxy) is 1. The van der Waals surface area contributed by atoms with Gasteiger partial charge >= 0.3 is 6.09 Å². The third-order valence-corrected chi connectivity index (χ3v) is 4.14. The first-order valence-corrected chi connectivity index (χ1v) is 9.43. The summed E-state index contributed by atoms with van der Waals surface area (Å²) in [7, 11) is 0. The van der Waals surface area contributed by atoms with Gasteiger partial charge in [0.05, 0.1) is 18.9 Å². The molecule has 4 aromatic rings. The van der Waals surface area contributed by atoms with Gasteiger partial charge in [0.1, 0.15) is 18.0 Å². The summed E-state index contributed by atoms with van der Waals surface area (Å²) in [5.74, 6) is -0.0831. The largest absolute Gasteiger partial charge is 0.445 e. The van der Waals surface area contributed by atoms with E-state index in [4.69, 9.17) is 4.74 Å². The summed E-state index contributed by atoms with van der Waals surface area (Å²) in [6, 6.07) is 9.28. The van der Waals surface area contributed by atoms with E-state index in [2.05, 4.69) is 40.9 Å². The van der Waals surface area contributed by atoms with Gasteiger partial charge in [-0.3, -0.25) is 20.2 Å². The highest BCUT2D eigenvalue weighted by molar-refractivity contribution is 5.98. The molecule has 0 saturated carbocycles. The first-order chi connectivity index (χ1) is 15.7. The van der Waals surface area contributed by atoms with Crippen LogP contribution in [-0.2, 0) is 17.9 Å². The highest BCUT2D eigenvalue weighted by Crippen LogP contribution is 2.14. The van der Waals surface area contributed by atoms with Crippen LogP contribution in [0.1, 0.15) is 21.9 Å². The summed E-state index contributed by atoms with van der Waals surface area (Å²) < 4.78 is 6.50. The van der Waals surface area contributed by atoms with Crippen molar-refractivity contribution in [3.8, 4) is 11.5 Å². The number of benzene rings is 1. The molecule has 0 aliphatic heterocycles. The lowest BCUT2D eigenvalue weighted by Gasteiger charge is -2.12. The van der Waals surface area contributed by atoms with Crippen molar-refractivity contribution in [2.24, 2.45) is 0 Å². The molecule has 12 heteroatoms. The molecule has 0 unspecified atom stereocenters. The fraction of sp³-hybridized carbons (Fsp3) is 0.100. The van der Waals surface area contributed by atoms with Crippen LogP contribution in [0.15, 0.2) is 67.5 Å². The molecule has 12 nitrogen and oxygen atoms in total. The molecule has 0 saturated heterocycles. The van der Waals surface area contributed by atoms with Gasteiger partial charge in [-0.2, -0.15) is 0 Å². The van der Waals surface area contributed by atoms with E-state index in [-0.39, 0.29) is 30.5 Å². The number of carbonyl (C=O) groups is 2. The molecular formula is C20H17N9O3. The maximum Gasteiger partial charge on any atom is 0.407 e. The lowest BCUT2D eigenvalue weighted by atomic mass is 10.2. The molecule has 2 amide bonds.